The Balaban J connectivity index is 1.78. The summed E-state index contributed by atoms with van der Waals surface area (Å²) in [5, 5.41) is 7.26. The summed E-state index contributed by atoms with van der Waals surface area (Å²) in [5.41, 5.74) is 1.26. The van der Waals surface area contributed by atoms with Gasteiger partial charge in [0.2, 0.25) is 0 Å². The van der Waals surface area contributed by atoms with Gasteiger partial charge in [0.1, 0.15) is 0 Å². The molecule has 1 aromatic heterocycles. The zero-order valence-electron chi connectivity index (χ0n) is 12.5. The number of nitrogens with zero attached hydrogens (tertiary/aromatic N) is 3. The first-order valence-corrected chi connectivity index (χ1v) is 8.49. The maximum absolute atomic E-state index is 12.1. The third-order valence-corrected chi connectivity index (χ3v) is 4.48. The van der Waals surface area contributed by atoms with Crippen LogP contribution >= 0.6 is 11.8 Å². The zero-order chi connectivity index (χ0) is 14.5. The highest BCUT2D eigenvalue weighted by atomic mass is 32.2. The molecule has 1 aliphatic heterocycles. The molecule has 1 fully saturated rings. The van der Waals surface area contributed by atoms with Gasteiger partial charge in [-0.15, -0.1) is 0 Å². The standard InChI is InChI=1S/C14H24N4OS/c1-11(10-20-3)16-14(19)18-5-4-12(9-18)6-13-7-15-17(2)8-13/h7-8,11-12H,4-6,9-10H2,1-3H3,(H,16,19)/t11-,12-/m1/s1. The van der Waals surface area contributed by atoms with E-state index < -0.39 is 0 Å². The van der Waals surface area contributed by atoms with E-state index in [2.05, 4.69) is 29.8 Å². The second-order valence-electron chi connectivity index (χ2n) is 5.63. The normalized spacial score (nSPS) is 20.1. The second kappa shape index (κ2) is 7.02. The molecule has 0 unspecified atom stereocenters. The van der Waals surface area contributed by atoms with Crippen molar-refractivity contribution in [2.24, 2.45) is 13.0 Å². The van der Waals surface area contributed by atoms with Crippen molar-refractivity contribution in [3.05, 3.63) is 18.0 Å². The van der Waals surface area contributed by atoms with Gasteiger partial charge in [-0.05, 0) is 37.5 Å². The molecule has 2 rings (SSSR count). The highest BCUT2D eigenvalue weighted by molar-refractivity contribution is 7.98. The van der Waals surface area contributed by atoms with Gasteiger partial charge >= 0.3 is 6.03 Å². The molecule has 0 bridgehead atoms. The number of hydrogen-bond acceptors (Lipinski definition) is 3. The van der Waals surface area contributed by atoms with Crippen molar-refractivity contribution in [1.82, 2.24) is 20.0 Å². The van der Waals surface area contributed by atoms with E-state index in [0.29, 0.717) is 5.92 Å². The Kier molecular flexibility index (Phi) is 5.34. The highest BCUT2D eigenvalue weighted by Gasteiger charge is 2.27. The summed E-state index contributed by atoms with van der Waals surface area (Å²) < 4.78 is 1.83. The molecule has 1 N–H and O–H groups in total. The van der Waals surface area contributed by atoms with E-state index in [9.17, 15) is 4.79 Å². The molecule has 0 saturated carbocycles. The summed E-state index contributed by atoms with van der Waals surface area (Å²) in [4.78, 5) is 14.1. The number of urea groups is 1. The summed E-state index contributed by atoms with van der Waals surface area (Å²) >= 11 is 1.76. The topological polar surface area (TPSA) is 50.2 Å². The summed E-state index contributed by atoms with van der Waals surface area (Å²) in [6.45, 7) is 3.77. The van der Waals surface area contributed by atoms with Gasteiger partial charge in [0.15, 0.2) is 0 Å². The smallest absolute Gasteiger partial charge is 0.317 e. The van der Waals surface area contributed by atoms with Crippen molar-refractivity contribution in [1.29, 1.82) is 0 Å². The Labute approximate surface area is 125 Å². The van der Waals surface area contributed by atoms with Crippen molar-refractivity contribution in [3.8, 4) is 0 Å². The molecule has 5 nitrogen and oxygen atoms in total. The monoisotopic (exact) mass is 296 g/mol. The predicted octanol–water partition coefficient (Wildman–Crippen LogP) is 1.75. The van der Waals surface area contributed by atoms with Gasteiger partial charge in [-0.1, -0.05) is 0 Å². The van der Waals surface area contributed by atoms with Crippen LogP contribution < -0.4 is 5.32 Å². The van der Waals surface area contributed by atoms with Crippen LogP contribution in [-0.4, -0.2) is 51.9 Å². The van der Waals surface area contributed by atoms with Crippen LogP contribution in [0.5, 0.6) is 0 Å². The molecular formula is C14H24N4OS. The first-order chi connectivity index (χ1) is 9.58. The third kappa shape index (κ3) is 4.16. The number of thioether (sulfide) groups is 1. The number of amides is 2. The minimum atomic E-state index is 0.0836. The van der Waals surface area contributed by atoms with Crippen LogP contribution in [0.1, 0.15) is 18.9 Å². The van der Waals surface area contributed by atoms with E-state index >= 15 is 0 Å². The molecule has 0 radical (unpaired) electrons. The van der Waals surface area contributed by atoms with E-state index in [0.717, 1.165) is 31.7 Å². The Morgan fingerprint density at radius 1 is 1.65 bits per heavy atom. The number of aryl methyl sites for hydroxylation is 1. The lowest BCUT2D eigenvalue weighted by Crippen LogP contribution is -2.43. The van der Waals surface area contributed by atoms with Gasteiger partial charge in [-0.2, -0.15) is 16.9 Å². The zero-order valence-corrected chi connectivity index (χ0v) is 13.3. The minimum Gasteiger partial charge on any atom is -0.335 e. The fraction of sp³-hybridized carbons (Fsp3) is 0.714. The van der Waals surface area contributed by atoms with E-state index in [1.807, 2.05) is 22.8 Å². The molecule has 112 valence electrons. The molecular weight excluding hydrogens is 272 g/mol. The van der Waals surface area contributed by atoms with Gasteiger partial charge in [0.05, 0.1) is 6.20 Å². The van der Waals surface area contributed by atoms with Gasteiger partial charge in [0, 0.05) is 38.1 Å². The van der Waals surface area contributed by atoms with Gasteiger partial charge in [-0.25, -0.2) is 4.79 Å². The summed E-state index contributed by atoms with van der Waals surface area (Å²) in [6.07, 6.45) is 8.13. The molecule has 2 atom stereocenters. The average Bonchev–Trinajstić information content (AvgIpc) is 2.99. The molecule has 20 heavy (non-hydrogen) atoms. The lowest BCUT2D eigenvalue weighted by atomic mass is 10.0. The maximum Gasteiger partial charge on any atom is 0.317 e. The number of hydrogen-bond donors (Lipinski definition) is 1. The van der Waals surface area contributed by atoms with Gasteiger partial charge in [0.25, 0.3) is 0 Å². The fourth-order valence-electron chi connectivity index (χ4n) is 2.69. The average molecular weight is 296 g/mol. The van der Waals surface area contributed by atoms with E-state index in [1.165, 1.54) is 5.56 Å². The van der Waals surface area contributed by atoms with Crippen LogP contribution in [0.3, 0.4) is 0 Å². The Bertz CT molecular complexity index is 448. The van der Waals surface area contributed by atoms with Crippen molar-refractivity contribution in [2.75, 3.05) is 25.1 Å². The van der Waals surface area contributed by atoms with Crippen molar-refractivity contribution < 1.29 is 4.79 Å². The van der Waals surface area contributed by atoms with E-state index in [1.54, 1.807) is 11.8 Å². The van der Waals surface area contributed by atoms with Crippen LogP contribution in [0, 0.1) is 5.92 Å². The first-order valence-electron chi connectivity index (χ1n) is 7.10. The molecule has 0 aromatic carbocycles. The maximum atomic E-state index is 12.1. The Morgan fingerprint density at radius 3 is 3.10 bits per heavy atom. The summed E-state index contributed by atoms with van der Waals surface area (Å²) in [7, 11) is 1.94. The van der Waals surface area contributed by atoms with Crippen molar-refractivity contribution >= 4 is 17.8 Å². The number of carbonyl (C=O) groups is 1. The van der Waals surface area contributed by atoms with Crippen LogP contribution in [-0.2, 0) is 13.5 Å². The van der Waals surface area contributed by atoms with E-state index in [4.69, 9.17) is 0 Å². The molecule has 2 amide bonds. The third-order valence-electron chi connectivity index (χ3n) is 3.64. The predicted molar refractivity (Wildman–Crippen MR) is 83.0 cm³/mol. The number of nitrogens with one attached hydrogen (secondary N) is 1. The number of likely N-dealkylation sites (tertiary alicyclic amines) is 1. The first kappa shape index (κ1) is 15.2. The summed E-state index contributed by atoms with van der Waals surface area (Å²) in [6, 6.07) is 0.315. The highest BCUT2D eigenvalue weighted by Crippen LogP contribution is 2.20. The van der Waals surface area contributed by atoms with Crippen molar-refractivity contribution in [3.63, 3.8) is 0 Å². The van der Waals surface area contributed by atoms with E-state index in [-0.39, 0.29) is 12.1 Å². The molecule has 1 saturated heterocycles. The Hall–Kier alpha value is -1.17. The fourth-order valence-corrected chi connectivity index (χ4v) is 3.27. The van der Waals surface area contributed by atoms with Crippen LogP contribution in [0.15, 0.2) is 12.4 Å². The molecule has 1 aromatic rings. The van der Waals surface area contributed by atoms with Crippen molar-refractivity contribution in [2.45, 2.75) is 25.8 Å². The number of carbonyl (C=O) groups excluding carboxylic acids is 1. The number of aromatic nitrogens is 2. The molecule has 0 spiro atoms. The lowest BCUT2D eigenvalue weighted by molar-refractivity contribution is 0.204. The Morgan fingerprint density at radius 2 is 2.45 bits per heavy atom. The van der Waals surface area contributed by atoms with Crippen LogP contribution in [0.4, 0.5) is 4.79 Å². The SMILES string of the molecule is CSC[C@@H](C)NC(=O)N1CC[C@H](Cc2cnn(C)c2)C1. The van der Waals surface area contributed by atoms with Gasteiger partial charge in [-0.3, -0.25) is 4.68 Å². The largest absolute Gasteiger partial charge is 0.335 e. The molecule has 6 heteroatoms. The second-order valence-corrected chi connectivity index (χ2v) is 6.54. The quantitative estimate of drug-likeness (QED) is 0.900. The minimum absolute atomic E-state index is 0.0836. The molecule has 0 aliphatic carbocycles. The van der Waals surface area contributed by atoms with Crippen LogP contribution in [0.2, 0.25) is 0 Å². The van der Waals surface area contributed by atoms with Crippen LogP contribution in [0.25, 0.3) is 0 Å². The lowest BCUT2D eigenvalue weighted by Gasteiger charge is -2.20. The summed E-state index contributed by atoms with van der Waals surface area (Å²) in [5.74, 6) is 1.51. The van der Waals surface area contributed by atoms with Gasteiger partial charge < -0.3 is 10.2 Å². The molecule has 1 aliphatic rings. The number of rotatable bonds is 5. The molecule has 2 heterocycles.